The molecular formula is C11H16O3. The summed E-state index contributed by atoms with van der Waals surface area (Å²) in [5.74, 6) is 0.458. The van der Waals surface area contributed by atoms with Gasteiger partial charge in [-0.3, -0.25) is 4.79 Å². The summed E-state index contributed by atoms with van der Waals surface area (Å²) >= 11 is 0. The van der Waals surface area contributed by atoms with Crippen molar-refractivity contribution in [3.8, 4) is 0 Å². The van der Waals surface area contributed by atoms with Crippen molar-refractivity contribution in [2.24, 2.45) is 17.8 Å². The molecule has 3 aliphatic rings. The van der Waals surface area contributed by atoms with Crippen molar-refractivity contribution in [3.05, 3.63) is 0 Å². The fraction of sp³-hybridized carbons (Fsp3) is 0.909. The Morgan fingerprint density at radius 2 is 2.21 bits per heavy atom. The monoisotopic (exact) mass is 196 g/mol. The number of hydrogen-bond acceptors (Lipinski definition) is 3. The number of ether oxygens (including phenoxy) is 1. The fourth-order valence-corrected chi connectivity index (χ4v) is 3.73. The Morgan fingerprint density at radius 1 is 1.43 bits per heavy atom. The second-order valence-electron chi connectivity index (χ2n) is 5.22. The molecule has 0 aromatic carbocycles. The van der Waals surface area contributed by atoms with Crippen molar-refractivity contribution in [1.82, 2.24) is 0 Å². The molecule has 2 saturated carbocycles. The summed E-state index contributed by atoms with van der Waals surface area (Å²) in [6.45, 7) is 2.17. The van der Waals surface area contributed by atoms with E-state index in [-0.39, 0.29) is 18.0 Å². The van der Waals surface area contributed by atoms with Gasteiger partial charge >= 0.3 is 5.97 Å². The van der Waals surface area contributed by atoms with Gasteiger partial charge in [-0.25, -0.2) is 0 Å². The van der Waals surface area contributed by atoms with E-state index < -0.39 is 5.60 Å². The van der Waals surface area contributed by atoms with Crippen LogP contribution in [0.2, 0.25) is 0 Å². The minimum absolute atomic E-state index is 0.159. The summed E-state index contributed by atoms with van der Waals surface area (Å²) in [5, 5.41) is 10.6. The molecule has 0 aromatic heterocycles. The Hall–Kier alpha value is -0.570. The van der Waals surface area contributed by atoms with E-state index in [4.69, 9.17) is 4.74 Å². The summed E-state index contributed by atoms with van der Waals surface area (Å²) in [5.41, 5.74) is -0.802. The van der Waals surface area contributed by atoms with Crippen molar-refractivity contribution in [3.63, 3.8) is 0 Å². The smallest absolute Gasteiger partial charge is 0.312 e. The van der Waals surface area contributed by atoms with Crippen molar-refractivity contribution < 1.29 is 14.6 Å². The molecule has 3 nitrogen and oxygen atoms in total. The molecule has 0 spiro atoms. The minimum atomic E-state index is -0.802. The highest BCUT2D eigenvalue weighted by atomic mass is 16.6. The first-order chi connectivity index (χ1) is 6.62. The highest BCUT2D eigenvalue weighted by molar-refractivity contribution is 5.77. The summed E-state index contributed by atoms with van der Waals surface area (Å²) < 4.78 is 5.26. The van der Waals surface area contributed by atoms with Gasteiger partial charge in [0.25, 0.3) is 0 Å². The van der Waals surface area contributed by atoms with Crippen LogP contribution in [0.25, 0.3) is 0 Å². The van der Waals surface area contributed by atoms with Crippen LogP contribution in [0, 0.1) is 17.8 Å². The van der Waals surface area contributed by atoms with E-state index in [0.717, 1.165) is 25.7 Å². The maximum atomic E-state index is 11.6. The first-order valence-corrected chi connectivity index (χ1v) is 5.55. The molecule has 0 radical (unpaired) electrons. The molecule has 3 unspecified atom stereocenters. The summed E-state index contributed by atoms with van der Waals surface area (Å²) in [7, 11) is 0. The lowest BCUT2D eigenvalue weighted by molar-refractivity contribution is -0.145. The molecule has 14 heavy (non-hydrogen) atoms. The highest BCUT2D eigenvalue weighted by Gasteiger charge is 2.65. The largest absolute Gasteiger partial charge is 0.459 e. The van der Waals surface area contributed by atoms with Crippen LogP contribution in [0.4, 0.5) is 0 Å². The zero-order chi connectivity index (χ0) is 9.92. The molecule has 1 saturated heterocycles. The molecule has 0 amide bonds. The topological polar surface area (TPSA) is 46.5 Å². The fourth-order valence-electron chi connectivity index (χ4n) is 3.73. The third-order valence-corrected chi connectivity index (χ3v) is 4.37. The molecule has 3 heteroatoms. The van der Waals surface area contributed by atoms with Gasteiger partial charge < -0.3 is 9.84 Å². The molecule has 1 aliphatic heterocycles. The summed E-state index contributed by atoms with van der Waals surface area (Å²) in [4.78, 5) is 11.6. The maximum Gasteiger partial charge on any atom is 0.312 e. The van der Waals surface area contributed by atoms with Gasteiger partial charge in [-0.1, -0.05) is 6.92 Å². The number of hydrogen-bond donors (Lipinski definition) is 1. The zero-order valence-electron chi connectivity index (χ0n) is 8.40. The Balaban J connectivity index is 2.01. The van der Waals surface area contributed by atoms with E-state index in [1.165, 1.54) is 0 Å². The normalized spacial score (nSPS) is 55.7. The molecule has 2 aliphatic carbocycles. The van der Waals surface area contributed by atoms with Gasteiger partial charge in [0.2, 0.25) is 0 Å². The number of esters is 1. The van der Waals surface area contributed by atoms with Gasteiger partial charge in [0.1, 0.15) is 11.7 Å². The third-order valence-electron chi connectivity index (χ3n) is 4.37. The lowest BCUT2D eigenvalue weighted by atomic mass is 9.67. The van der Waals surface area contributed by atoms with E-state index in [2.05, 4.69) is 6.92 Å². The molecule has 0 bridgehead atoms. The van der Waals surface area contributed by atoms with Crippen molar-refractivity contribution in [1.29, 1.82) is 0 Å². The standard InChI is InChI=1S/C11H16O3/c1-6-4-7-2-3-9-11(7,13)8(5-6)10(12)14-9/h6-9,13H,2-5H2,1H3/t6?,7?,8?,9-,11+/m1/s1. The van der Waals surface area contributed by atoms with Gasteiger partial charge in [-0.15, -0.1) is 0 Å². The van der Waals surface area contributed by atoms with Crippen LogP contribution in [-0.4, -0.2) is 22.8 Å². The predicted molar refractivity (Wildman–Crippen MR) is 49.4 cm³/mol. The molecule has 78 valence electrons. The van der Waals surface area contributed by atoms with Crippen LogP contribution in [0.15, 0.2) is 0 Å². The van der Waals surface area contributed by atoms with Gasteiger partial charge in [0.15, 0.2) is 0 Å². The zero-order valence-corrected chi connectivity index (χ0v) is 8.40. The Labute approximate surface area is 83.4 Å². The molecular weight excluding hydrogens is 180 g/mol. The lowest BCUT2D eigenvalue weighted by Crippen LogP contribution is -2.49. The highest BCUT2D eigenvalue weighted by Crippen LogP contribution is 2.55. The van der Waals surface area contributed by atoms with E-state index in [1.54, 1.807) is 0 Å². The van der Waals surface area contributed by atoms with E-state index in [1.807, 2.05) is 0 Å². The van der Waals surface area contributed by atoms with E-state index in [9.17, 15) is 9.90 Å². The van der Waals surface area contributed by atoms with Crippen LogP contribution in [0.3, 0.4) is 0 Å². The van der Waals surface area contributed by atoms with Crippen LogP contribution in [0.5, 0.6) is 0 Å². The number of rotatable bonds is 0. The van der Waals surface area contributed by atoms with E-state index in [0.29, 0.717) is 11.8 Å². The average Bonchev–Trinajstić information content (AvgIpc) is 2.55. The second kappa shape index (κ2) is 2.51. The van der Waals surface area contributed by atoms with Crippen LogP contribution in [0.1, 0.15) is 32.6 Å². The van der Waals surface area contributed by atoms with Crippen LogP contribution >= 0.6 is 0 Å². The maximum absolute atomic E-state index is 11.6. The van der Waals surface area contributed by atoms with Gasteiger partial charge in [-0.2, -0.15) is 0 Å². The number of carbonyl (C=O) groups excluding carboxylic acids is 1. The first-order valence-electron chi connectivity index (χ1n) is 5.55. The van der Waals surface area contributed by atoms with Crippen molar-refractivity contribution in [2.75, 3.05) is 0 Å². The second-order valence-corrected chi connectivity index (χ2v) is 5.22. The molecule has 5 atom stereocenters. The van der Waals surface area contributed by atoms with Gasteiger partial charge in [0, 0.05) is 0 Å². The van der Waals surface area contributed by atoms with Gasteiger partial charge in [-0.05, 0) is 37.5 Å². The molecule has 3 rings (SSSR count). The quantitative estimate of drug-likeness (QED) is 0.590. The lowest BCUT2D eigenvalue weighted by Gasteiger charge is -2.39. The van der Waals surface area contributed by atoms with Crippen LogP contribution in [-0.2, 0) is 9.53 Å². The predicted octanol–water partition coefficient (Wildman–Crippen LogP) is 1.10. The average molecular weight is 196 g/mol. The van der Waals surface area contributed by atoms with Gasteiger partial charge in [0.05, 0.1) is 5.92 Å². The third kappa shape index (κ3) is 0.842. The number of carbonyl (C=O) groups is 1. The molecule has 1 heterocycles. The Morgan fingerprint density at radius 3 is 3.00 bits per heavy atom. The van der Waals surface area contributed by atoms with Crippen molar-refractivity contribution in [2.45, 2.75) is 44.3 Å². The molecule has 1 N–H and O–H groups in total. The summed E-state index contributed by atoms with van der Waals surface area (Å²) in [6, 6.07) is 0. The SMILES string of the molecule is CC1CC2CC[C@H]3OC(=O)C(C1)[C@@]23O. The first kappa shape index (κ1) is 8.72. The Bertz CT molecular complexity index is 288. The van der Waals surface area contributed by atoms with Crippen LogP contribution < -0.4 is 0 Å². The molecule has 0 aromatic rings. The van der Waals surface area contributed by atoms with E-state index >= 15 is 0 Å². The minimum Gasteiger partial charge on any atom is -0.459 e. The number of aliphatic hydroxyl groups is 1. The summed E-state index contributed by atoms with van der Waals surface area (Å²) in [6.07, 6.45) is 3.55. The van der Waals surface area contributed by atoms with Crippen molar-refractivity contribution >= 4 is 5.97 Å². The Kier molecular flexibility index (Phi) is 1.56. The molecule has 3 fully saturated rings.